The number of aromatic nitrogens is 2. The third-order valence-corrected chi connectivity index (χ3v) is 5.29. The smallest absolute Gasteiger partial charge is 0.330 e. The van der Waals surface area contributed by atoms with Crippen molar-refractivity contribution >= 4 is 23.1 Å². The molecule has 1 heterocycles. The van der Waals surface area contributed by atoms with Crippen molar-refractivity contribution in [3.05, 3.63) is 96.2 Å². The molecular formula is C23H25N5O5. The summed E-state index contributed by atoms with van der Waals surface area (Å²) in [5.74, 6) is -0.685. The number of carbonyl (C=O) groups is 1. The van der Waals surface area contributed by atoms with E-state index in [0.717, 1.165) is 12.0 Å². The molecule has 0 aliphatic carbocycles. The van der Waals surface area contributed by atoms with Crippen molar-refractivity contribution in [1.29, 1.82) is 0 Å². The van der Waals surface area contributed by atoms with Gasteiger partial charge in [-0.1, -0.05) is 43.7 Å². The van der Waals surface area contributed by atoms with Gasteiger partial charge in [-0.3, -0.25) is 34.2 Å². The quantitative estimate of drug-likeness (QED) is 0.398. The predicted octanol–water partition coefficient (Wildman–Crippen LogP) is 2.98. The number of H-pyrrole nitrogens is 1. The average Bonchev–Trinajstić information content (AvgIpc) is 2.78. The van der Waals surface area contributed by atoms with Crippen molar-refractivity contribution < 1.29 is 9.72 Å². The first-order valence-electron chi connectivity index (χ1n) is 10.5. The van der Waals surface area contributed by atoms with E-state index < -0.39 is 22.1 Å². The molecule has 10 heteroatoms. The van der Waals surface area contributed by atoms with Crippen LogP contribution in [-0.4, -0.2) is 20.4 Å². The van der Waals surface area contributed by atoms with Crippen LogP contribution in [0.3, 0.4) is 0 Å². The van der Waals surface area contributed by atoms with Crippen molar-refractivity contribution in [2.24, 2.45) is 0 Å². The number of aryl methyl sites for hydroxylation is 1. The number of anilines is 2. The molecule has 10 nitrogen and oxygen atoms in total. The van der Waals surface area contributed by atoms with Gasteiger partial charge in [-0.05, 0) is 31.0 Å². The Kier molecular flexibility index (Phi) is 7.07. The highest BCUT2D eigenvalue weighted by Crippen LogP contribution is 2.25. The van der Waals surface area contributed by atoms with E-state index in [0.29, 0.717) is 12.0 Å². The highest BCUT2D eigenvalue weighted by molar-refractivity contribution is 6.07. The van der Waals surface area contributed by atoms with Gasteiger partial charge in [0, 0.05) is 23.7 Å². The first-order valence-corrected chi connectivity index (χ1v) is 10.5. The van der Waals surface area contributed by atoms with E-state index in [4.69, 9.17) is 5.73 Å². The standard InChI is InChI=1S/C23H25N5O5/c1-3-4-12-26-20(24)19(21(29)25-23(26)31)27(14-16-8-6-5-7-9-16)22(30)17-10-11-18(28(32)33)15(2)13-17/h5-11,13H,3-4,12,14,24H2,1-2H3,(H,25,29,31). The number of nitrogen functional groups attached to an aromatic ring is 1. The minimum atomic E-state index is -0.784. The fraction of sp³-hybridized carbons (Fsp3) is 0.261. The van der Waals surface area contributed by atoms with Gasteiger partial charge in [0.05, 0.1) is 11.5 Å². The van der Waals surface area contributed by atoms with Gasteiger partial charge in [-0.25, -0.2) is 4.79 Å². The minimum absolute atomic E-state index is 0.00890. The van der Waals surface area contributed by atoms with Gasteiger partial charge < -0.3 is 5.73 Å². The Hall–Kier alpha value is -4.21. The Morgan fingerprint density at radius 1 is 1.18 bits per heavy atom. The van der Waals surface area contributed by atoms with Crippen LogP contribution in [0.15, 0.2) is 58.1 Å². The molecule has 1 amide bonds. The zero-order valence-corrected chi connectivity index (χ0v) is 18.4. The Labute approximate surface area is 189 Å². The number of aromatic amines is 1. The van der Waals surface area contributed by atoms with Crippen LogP contribution in [0, 0.1) is 17.0 Å². The van der Waals surface area contributed by atoms with Crippen LogP contribution in [0.2, 0.25) is 0 Å². The number of unbranched alkanes of at least 4 members (excludes halogenated alkanes) is 1. The third-order valence-electron chi connectivity index (χ3n) is 5.29. The lowest BCUT2D eigenvalue weighted by molar-refractivity contribution is -0.385. The molecule has 0 radical (unpaired) electrons. The van der Waals surface area contributed by atoms with Crippen LogP contribution in [-0.2, 0) is 13.1 Å². The van der Waals surface area contributed by atoms with E-state index in [-0.39, 0.29) is 35.8 Å². The molecule has 0 aliphatic heterocycles. The summed E-state index contributed by atoms with van der Waals surface area (Å²) in [5, 5.41) is 11.2. The molecule has 3 N–H and O–H groups in total. The number of nitrogens with one attached hydrogen (secondary N) is 1. The Balaban J connectivity index is 2.16. The monoisotopic (exact) mass is 451 g/mol. The Morgan fingerprint density at radius 2 is 1.88 bits per heavy atom. The Morgan fingerprint density at radius 3 is 2.48 bits per heavy atom. The number of benzene rings is 2. The van der Waals surface area contributed by atoms with E-state index >= 15 is 0 Å². The summed E-state index contributed by atoms with van der Waals surface area (Å²) in [6.07, 6.45) is 1.46. The summed E-state index contributed by atoms with van der Waals surface area (Å²) >= 11 is 0. The molecule has 0 unspecified atom stereocenters. The van der Waals surface area contributed by atoms with Crippen molar-refractivity contribution in [2.45, 2.75) is 39.8 Å². The molecule has 172 valence electrons. The molecule has 0 fully saturated rings. The second kappa shape index (κ2) is 9.94. The number of nitro groups is 1. The van der Waals surface area contributed by atoms with Crippen molar-refractivity contribution in [1.82, 2.24) is 9.55 Å². The van der Waals surface area contributed by atoms with Gasteiger partial charge >= 0.3 is 5.69 Å². The molecule has 3 rings (SSSR count). The zero-order valence-electron chi connectivity index (χ0n) is 18.4. The lowest BCUT2D eigenvalue weighted by Gasteiger charge is -2.25. The van der Waals surface area contributed by atoms with Crippen LogP contribution in [0.4, 0.5) is 17.2 Å². The third kappa shape index (κ3) is 5.00. The fourth-order valence-electron chi connectivity index (χ4n) is 3.54. The number of nitrogens with two attached hydrogens (primary N) is 1. The maximum absolute atomic E-state index is 13.6. The lowest BCUT2D eigenvalue weighted by atomic mass is 10.1. The Bertz CT molecular complexity index is 1300. The number of rotatable bonds is 8. The maximum Gasteiger partial charge on any atom is 0.330 e. The van der Waals surface area contributed by atoms with E-state index in [1.165, 1.54) is 34.6 Å². The van der Waals surface area contributed by atoms with Gasteiger partial charge in [0.1, 0.15) is 5.82 Å². The first kappa shape index (κ1) is 23.5. The summed E-state index contributed by atoms with van der Waals surface area (Å²) in [6, 6.07) is 13.0. The first-order chi connectivity index (χ1) is 15.7. The second-order valence-electron chi connectivity index (χ2n) is 7.63. The molecule has 0 spiro atoms. The molecule has 0 atom stereocenters. The summed E-state index contributed by atoms with van der Waals surface area (Å²) in [5.41, 5.74) is 5.75. The second-order valence-corrected chi connectivity index (χ2v) is 7.63. The number of hydrogen-bond acceptors (Lipinski definition) is 6. The van der Waals surface area contributed by atoms with Gasteiger partial charge in [0.25, 0.3) is 17.2 Å². The van der Waals surface area contributed by atoms with Crippen LogP contribution >= 0.6 is 0 Å². The van der Waals surface area contributed by atoms with Crippen LogP contribution < -0.4 is 21.9 Å². The van der Waals surface area contributed by atoms with Crippen LogP contribution in [0.5, 0.6) is 0 Å². The molecule has 0 bridgehead atoms. The predicted molar refractivity (Wildman–Crippen MR) is 125 cm³/mol. The molecule has 0 saturated carbocycles. The molecule has 0 aliphatic rings. The van der Waals surface area contributed by atoms with Crippen molar-refractivity contribution in [3.63, 3.8) is 0 Å². The summed E-state index contributed by atoms with van der Waals surface area (Å²) < 4.78 is 1.24. The summed E-state index contributed by atoms with van der Waals surface area (Å²) in [6.45, 7) is 3.78. The molecule has 33 heavy (non-hydrogen) atoms. The summed E-state index contributed by atoms with van der Waals surface area (Å²) in [7, 11) is 0. The van der Waals surface area contributed by atoms with Gasteiger partial charge in [-0.2, -0.15) is 0 Å². The summed E-state index contributed by atoms with van der Waals surface area (Å²) in [4.78, 5) is 52.8. The normalized spacial score (nSPS) is 10.7. The van der Waals surface area contributed by atoms with Crippen molar-refractivity contribution in [2.75, 3.05) is 10.6 Å². The number of nitrogens with zero attached hydrogens (tertiary/aromatic N) is 3. The van der Waals surface area contributed by atoms with Gasteiger partial charge in [-0.15, -0.1) is 0 Å². The SMILES string of the molecule is CCCCn1c(N)c(N(Cc2ccccc2)C(=O)c2ccc([N+](=O)[O-])c(C)c2)c(=O)[nH]c1=O. The lowest BCUT2D eigenvalue weighted by Crippen LogP contribution is -2.41. The largest absolute Gasteiger partial charge is 0.383 e. The highest BCUT2D eigenvalue weighted by atomic mass is 16.6. The fourth-order valence-corrected chi connectivity index (χ4v) is 3.54. The van der Waals surface area contributed by atoms with E-state index in [1.807, 2.05) is 13.0 Å². The number of amides is 1. The molecule has 2 aromatic carbocycles. The van der Waals surface area contributed by atoms with Gasteiger partial charge in [0.15, 0.2) is 5.69 Å². The molecular weight excluding hydrogens is 426 g/mol. The topological polar surface area (TPSA) is 144 Å². The minimum Gasteiger partial charge on any atom is -0.383 e. The number of nitro benzene ring substituents is 1. The van der Waals surface area contributed by atoms with E-state index in [1.54, 1.807) is 24.3 Å². The number of hydrogen-bond donors (Lipinski definition) is 2. The van der Waals surface area contributed by atoms with E-state index in [2.05, 4.69) is 4.98 Å². The van der Waals surface area contributed by atoms with Crippen LogP contribution in [0.1, 0.15) is 41.3 Å². The van der Waals surface area contributed by atoms with Crippen molar-refractivity contribution in [3.8, 4) is 0 Å². The van der Waals surface area contributed by atoms with E-state index in [9.17, 15) is 24.5 Å². The number of carbonyl (C=O) groups excluding carboxylic acids is 1. The zero-order chi connectivity index (χ0) is 24.1. The molecule has 0 saturated heterocycles. The van der Waals surface area contributed by atoms with Gasteiger partial charge in [0.2, 0.25) is 0 Å². The molecule has 1 aromatic heterocycles. The average molecular weight is 451 g/mol. The van der Waals surface area contributed by atoms with Crippen LogP contribution in [0.25, 0.3) is 0 Å². The highest BCUT2D eigenvalue weighted by Gasteiger charge is 2.26. The maximum atomic E-state index is 13.6. The molecule has 3 aromatic rings.